The number of hydrogen-bond acceptors (Lipinski definition) is 5. The summed E-state index contributed by atoms with van der Waals surface area (Å²) in [5, 5.41) is 17.0. The van der Waals surface area contributed by atoms with Crippen molar-refractivity contribution in [3.8, 4) is 11.9 Å². The van der Waals surface area contributed by atoms with E-state index in [1.54, 1.807) is 4.90 Å². The third kappa shape index (κ3) is 2.13. The van der Waals surface area contributed by atoms with Gasteiger partial charge < -0.3 is 15.4 Å². The van der Waals surface area contributed by atoms with Gasteiger partial charge in [-0.25, -0.2) is 0 Å². The minimum absolute atomic E-state index is 0.0784. The summed E-state index contributed by atoms with van der Waals surface area (Å²) in [6.07, 6.45) is 0.852. The van der Waals surface area contributed by atoms with Crippen LogP contribution in [0.15, 0.2) is 35.7 Å². The summed E-state index contributed by atoms with van der Waals surface area (Å²) >= 11 is 0. The van der Waals surface area contributed by atoms with Crippen LogP contribution in [0.2, 0.25) is 0 Å². The zero-order valence-corrected chi connectivity index (χ0v) is 15.5. The minimum Gasteiger partial charge on any atom is -0.420 e. The maximum Gasteiger partial charge on any atom is 0.247 e. The maximum absolute atomic E-state index is 13.9. The molecule has 0 saturated heterocycles. The van der Waals surface area contributed by atoms with Crippen molar-refractivity contribution in [2.45, 2.75) is 32.6 Å². The van der Waals surface area contributed by atoms with E-state index in [4.69, 9.17) is 10.5 Å². The number of rotatable bonds is 3. The lowest BCUT2D eigenvalue weighted by molar-refractivity contribution is -0.121. The fraction of sp³-hybridized carbons (Fsp3) is 0.350. The highest BCUT2D eigenvalue weighted by atomic mass is 16.5. The quantitative estimate of drug-likeness (QED) is 0.871. The summed E-state index contributed by atoms with van der Waals surface area (Å²) in [4.78, 5) is 15.6. The highest BCUT2D eigenvalue weighted by molar-refractivity contribution is 6.14. The van der Waals surface area contributed by atoms with Gasteiger partial charge >= 0.3 is 0 Å². The van der Waals surface area contributed by atoms with Crippen LogP contribution in [0.1, 0.15) is 37.1 Å². The maximum atomic E-state index is 13.9. The number of hydrogen-bond donors (Lipinski definition) is 2. The molecule has 2 aromatic rings. The number of carbonyl (C=O) groups is 1. The van der Waals surface area contributed by atoms with Crippen molar-refractivity contribution in [1.82, 2.24) is 10.2 Å². The Bertz CT molecular complexity index is 1010. The first-order valence-corrected chi connectivity index (χ1v) is 8.98. The molecule has 7 heteroatoms. The van der Waals surface area contributed by atoms with Crippen molar-refractivity contribution in [2.75, 3.05) is 11.4 Å². The van der Waals surface area contributed by atoms with Crippen molar-refractivity contribution in [1.29, 1.82) is 5.26 Å². The number of anilines is 1. The summed E-state index contributed by atoms with van der Waals surface area (Å²) in [7, 11) is 0. The molecule has 0 radical (unpaired) electrons. The van der Waals surface area contributed by atoms with E-state index in [9.17, 15) is 10.1 Å². The molecule has 1 aromatic carbocycles. The molecule has 138 valence electrons. The topological polar surface area (TPSA) is 108 Å². The van der Waals surface area contributed by atoms with Crippen molar-refractivity contribution in [2.24, 2.45) is 11.7 Å². The molecule has 1 spiro atoms. The lowest BCUT2D eigenvalue weighted by Crippen LogP contribution is -2.46. The molecular weight excluding hydrogens is 342 g/mol. The third-order valence-electron chi connectivity index (χ3n) is 5.32. The van der Waals surface area contributed by atoms with Gasteiger partial charge in [-0.2, -0.15) is 5.26 Å². The molecule has 3 heterocycles. The Kier molecular flexibility index (Phi) is 3.74. The molecule has 1 unspecified atom stereocenters. The number of fused-ring (bicyclic) bond motifs is 4. The zero-order chi connectivity index (χ0) is 19.3. The van der Waals surface area contributed by atoms with Crippen LogP contribution in [-0.4, -0.2) is 22.6 Å². The Morgan fingerprint density at radius 2 is 2.15 bits per heavy atom. The van der Waals surface area contributed by atoms with Gasteiger partial charge in [-0.15, -0.1) is 5.10 Å². The lowest BCUT2D eigenvalue weighted by Gasteiger charge is -2.32. The SMILES string of the molecule is Cc1[nH]nc2c1C1(C(=O)N(CCC(C)C)c3ccccc31)C(C#N)=C(N)O2. The number of para-hydroxylation sites is 1. The number of benzene rings is 1. The van der Waals surface area contributed by atoms with E-state index in [0.717, 1.165) is 17.7 Å². The molecule has 2 aliphatic rings. The normalized spacial score (nSPS) is 20.7. The summed E-state index contributed by atoms with van der Waals surface area (Å²) in [6, 6.07) is 9.71. The second-order valence-electron chi connectivity index (χ2n) is 7.39. The standard InChI is InChI=1S/C20H21N5O2/c1-11(2)8-9-25-15-7-5-4-6-13(15)20(19(25)26)14(10-21)17(22)27-18-16(20)12(3)23-24-18/h4-7,11H,8-9,22H2,1-3H3,(H,23,24). The third-order valence-corrected chi connectivity index (χ3v) is 5.32. The number of nitriles is 1. The van der Waals surface area contributed by atoms with Gasteiger partial charge in [-0.05, 0) is 25.3 Å². The van der Waals surface area contributed by atoms with Gasteiger partial charge in [0.25, 0.3) is 0 Å². The van der Waals surface area contributed by atoms with Gasteiger partial charge in [0.1, 0.15) is 17.1 Å². The van der Waals surface area contributed by atoms with E-state index in [1.165, 1.54) is 0 Å². The van der Waals surface area contributed by atoms with Crippen molar-refractivity contribution in [3.63, 3.8) is 0 Å². The number of aryl methyl sites for hydroxylation is 1. The van der Waals surface area contributed by atoms with Crippen LogP contribution in [0, 0.1) is 24.2 Å². The van der Waals surface area contributed by atoms with E-state index in [0.29, 0.717) is 23.7 Å². The summed E-state index contributed by atoms with van der Waals surface area (Å²) in [5.74, 6) is 0.430. The summed E-state index contributed by atoms with van der Waals surface area (Å²) in [6.45, 7) is 6.63. The van der Waals surface area contributed by atoms with Gasteiger partial charge in [0.15, 0.2) is 0 Å². The number of aromatic amines is 1. The smallest absolute Gasteiger partial charge is 0.247 e. The number of ether oxygens (including phenoxy) is 1. The van der Waals surface area contributed by atoms with Crippen LogP contribution in [0.3, 0.4) is 0 Å². The molecular formula is C20H21N5O2. The molecule has 0 fully saturated rings. The van der Waals surface area contributed by atoms with E-state index in [2.05, 4.69) is 30.1 Å². The highest BCUT2D eigenvalue weighted by Gasteiger charge is 2.60. The average molecular weight is 363 g/mol. The van der Waals surface area contributed by atoms with Gasteiger partial charge in [0.05, 0.1) is 5.56 Å². The second kappa shape index (κ2) is 5.88. The number of aromatic nitrogens is 2. The van der Waals surface area contributed by atoms with Gasteiger partial charge in [-0.3, -0.25) is 9.89 Å². The van der Waals surface area contributed by atoms with E-state index in [1.807, 2.05) is 31.2 Å². The summed E-state index contributed by atoms with van der Waals surface area (Å²) < 4.78 is 5.56. The molecule has 4 rings (SSSR count). The number of carbonyl (C=O) groups excluding carboxylic acids is 1. The van der Waals surface area contributed by atoms with Crippen LogP contribution in [0.25, 0.3) is 0 Å². The zero-order valence-electron chi connectivity index (χ0n) is 15.5. The Balaban J connectivity index is 2.03. The van der Waals surface area contributed by atoms with E-state index < -0.39 is 5.41 Å². The van der Waals surface area contributed by atoms with Crippen LogP contribution in [0.5, 0.6) is 5.88 Å². The largest absolute Gasteiger partial charge is 0.420 e. The Morgan fingerprint density at radius 3 is 2.85 bits per heavy atom. The van der Waals surface area contributed by atoms with Gasteiger partial charge in [0, 0.05) is 23.5 Å². The fourth-order valence-electron chi connectivity index (χ4n) is 4.07. The average Bonchev–Trinajstić information content (AvgIpc) is 3.11. The molecule has 0 bridgehead atoms. The number of nitrogens with one attached hydrogen (secondary N) is 1. The van der Waals surface area contributed by atoms with Crippen LogP contribution in [0.4, 0.5) is 5.69 Å². The Morgan fingerprint density at radius 1 is 1.41 bits per heavy atom. The molecule has 1 aromatic heterocycles. The summed E-state index contributed by atoms with van der Waals surface area (Å²) in [5.41, 5.74) is 7.65. The molecule has 0 saturated carbocycles. The number of nitrogens with two attached hydrogens (primary N) is 1. The van der Waals surface area contributed by atoms with Crippen LogP contribution < -0.4 is 15.4 Å². The predicted molar refractivity (Wildman–Crippen MR) is 99.8 cm³/mol. The van der Waals surface area contributed by atoms with Gasteiger partial charge in [-0.1, -0.05) is 32.0 Å². The molecule has 1 amide bonds. The van der Waals surface area contributed by atoms with E-state index in [-0.39, 0.29) is 23.2 Å². The predicted octanol–water partition coefficient (Wildman–Crippen LogP) is 2.48. The molecule has 2 aliphatic heterocycles. The first kappa shape index (κ1) is 17.2. The Hall–Kier alpha value is -3.27. The Labute approximate surface area is 157 Å². The van der Waals surface area contributed by atoms with Crippen molar-refractivity contribution >= 4 is 11.6 Å². The van der Waals surface area contributed by atoms with Crippen molar-refractivity contribution < 1.29 is 9.53 Å². The fourth-order valence-corrected chi connectivity index (χ4v) is 4.07. The number of H-pyrrole nitrogens is 1. The monoisotopic (exact) mass is 363 g/mol. The minimum atomic E-state index is -1.32. The lowest BCUT2D eigenvalue weighted by atomic mass is 9.69. The molecule has 0 aliphatic carbocycles. The van der Waals surface area contributed by atoms with Crippen molar-refractivity contribution in [3.05, 3.63) is 52.5 Å². The van der Waals surface area contributed by atoms with E-state index >= 15 is 0 Å². The van der Waals surface area contributed by atoms with Crippen LogP contribution >= 0.6 is 0 Å². The first-order chi connectivity index (χ1) is 12.9. The first-order valence-electron chi connectivity index (χ1n) is 8.98. The van der Waals surface area contributed by atoms with Gasteiger partial charge in [0.2, 0.25) is 17.7 Å². The molecule has 3 N–H and O–H groups in total. The second-order valence-corrected chi connectivity index (χ2v) is 7.39. The van der Waals surface area contributed by atoms with Crippen LogP contribution in [-0.2, 0) is 10.2 Å². The number of amides is 1. The highest BCUT2D eigenvalue weighted by Crippen LogP contribution is 2.55. The number of nitrogens with zero attached hydrogens (tertiary/aromatic N) is 3. The molecule has 7 nitrogen and oxygen atoms in total. The molecule has 1 atom stereocenters. The molecule has 27 heavy (non-hydrogen) atoms.